The minimum absolute atomic E-state index is 0.211. The van der Waals surface area contributed by atoms with E-state index < -0.39 is 0 Å². The second-order valence-corrected chi connectivity index (χ2v) is 7.05. The zero-order valence-corrected chi connectivity index (χ0v) is 15.3. The molecule has 0 atom stereocenters. The predicted molar refractivity (Wildman–Crippen MR) is 112 cm³/mol. The van der Waals surface area contributed by atoms with Crippen molar-refractivity contribution in [2.75, 3.05) is 0 Å². The maximum atomic E-state index is 13.4. The van der Waals surface area contributed by atoms with Crippen LogP contribution in [-0.2, 0) is 13.0 Å². The average molecular weight is 366 g/mol. The molecule has 0 aliphatic rings. The van der Waals surface area contributed by atoms with Gasteiger partial charge in [0.15, 0.2) is 0 Å². The van der Waals surface area contributed by atoms with Crippen LogP contribution < -0.4 is 0 Å². The van der Waals surface area contributed by atoms with E-state index in [1.807, 2.05) is 24.4 Å². The molecule has 3 aromatic carbocycles. The quantitative estimate of drug-likeness (QED) is 0.383. The van der Waals surface area contributed by atoms with Gasteiger partial charge < -0.3 is 4.57 Å². The van der Waals surface area contributed by atoms with Gasteiger partial charge in [0.2, 0.25) is 0 Å². The van der Waals surface area contributed by atoms with E-state index in [1.165, 1.54) is 34.0 Å². The van der Waals surface area contributed by atoms with Crippen LogP contribution in [0.4, 0.5) is 4.39 Å². The summed E-state index contributed by atoms with van der Waals surface area (Å²) in [6.45, 7) is 0.678. The van der Waals surface area contributed by atoms with Gasteiger partial charge in [0.1, 0.15) is 5.82 Å². The highest BCUT2D eigenvalue weighted by atomic mass is 19.1. The molecular weight excluding hydrogens is 347 g/mol. The lowest BCUT2D eigenvalue weighted by atomic mass is 10.1. The van der Waals surface area contributed by atoms with E-state index in [4.69, 9.17) is 4.98 Å². The van der Waals surface area contributed by atoms with Crippen LogP contribution in [0.5, 0.6) is 0 Å². The van der Waals surface area contributed by atoms with Crippen LogP contribution in [-0.4, -0.2) is 9.55 Å². The van der Waals surface area contributed by atoms with Gasteiger partial charge in [-0.05, 0) is 35.4 Å². The van der Waals surface area contributed by atoms with E-state index in [0.717, 1.165) is 23.2 Å². The summed E-state index contributed by atoms with van der Waals surface area (Å²) in [4.78, 5) is 4.73. The van der Waals surface area contributed by atoms with Crippen molar-refractivity contribution in [2.45, 2.75) is 13.0 Å². The Balaban J connectivity index is 1.72. The second-order valence-electron chi connectivity index (χ2n) is 7.05. The van der Waals surface area contributed by atoms with Gasteiger partial charge in [0.25, 0.3) is 0 Å². The molecule has 0 bridgehead atoms. The molecule has 0 aliphatic carbocycles. The molecule has 2 aromatic heterocycles. The lowest BCUT2D eigenvalue weighted by Crippen LogP contribution is -2.03. The van der Waals surface area contributed by atoms with E-state index in [2.05, 4.69) is 59.2 Å². The highest BCUT2D eigenvalue weighted by Crippen LogP contribution is 2.32. The molecule has 0 saturated carbocycles. The third-order valence-corrected chi connectivity index (χ3v) is 5.22. The molecule has 0 aliphatic heterocycles. The molecule has 0 N–H and O–H groups in total. The predicted octanol–water partition coefficient (Wildman–Crippen LogP) is 5.97. The molecule has 0 saturated heterocycles. The maximum absolute atomic E-state index is 13.4. The molecule has 2 heterocycles. The molecule has 0 amide bonds. The molecule has 136 valence electrons. The second kappa shape index (κ2) is 6.93. The largest absolute Gasteiger partial charge is 0.334 e. The van der Waals surface area contributed by atoms with Crippen molar-refractivity contribution in [3.63, 3.8) is 0 Å². The first kappa shape index (κ1) is 16.7. The van der Waals surface area contributed by atoms with Crippen molar-refractivity contribution in [1.82, 2.24) is 9.55 Å². The Labute approximate surface area is 162 Å². The number of nitrogens with zero attached hydrogens (tertiary/aromatic N) is 2. The number of fused-ring (bicyclic) bond motifs is 3. The van der Waals surface area contributed by atoms with Crippen molar-refractivity contribution in [2.24, 2.45) is 0 Å². The summed E-state index contributed by atoms with van der Waals surface area (Å²) in [5.74, 6) is -0.211. The third-order valence-electron chi connectivity index (χ3n) is 5.22. The molecular formula is C25H19FN2. The number of benzene rings is 3. The molecule has 5 aromatic rings. The van der Waals surface area contributed by atoms with Gasteiger partial charge in [-0.1, -0.05) is 60.7 Å². The Bertz CT molecular complexity index is 1250. The highest BCUT2D eigenvalue weighted by Gasteiger charge is 2.15. The zero-order chi connectivity index (χ0) is 18.9. The minimum atomic E-state index is -0.211. The first-order chi connectivity index (χ1) is 13.8. The molecule has 5 rings (SSSR count). The van der Waals surface area contributed by atoms with E-state index in [1.54, 1.807) is 0 Å². The Morgan fingerprint density at radius 3 is 2.29 bits per heavy atom. The number of aromatic nitrogens is 2. The van der Waals surface area contributed by atoms with Crippen molar-refractivity contribution >= 4 is 21.8 Å². The van der Waals surface area contributed by atoms with E-state index >= 15 is 0 Å². The van der Waals surface area contributed by atoms with Crippen LogP contribution in [0, 0.1) is 5.82 Å². The van der Waals surface area contributed by atoms with Crippen LogP contribution in [0.1, 0.15) is 16.8 Å². The molecule has 0 radical (unpaired) electrons. The number of rotatable bonds is 4. The first-order valence-electron chi connectivity index (χ1n) is 9.43. The fraction of sp³-hybridized carbons (Fsp3) is 0.0800. The van der Waals surface area contributed by atoms with Crippen LogP contribution >= 0.6 is 0 Å². The Morgan fingerprint density at radius 1 is 0.714 bits per heavy atom. The van der Waals surface area contributed by atoms with Gasteiger partial charge in [-0.15, -0.1) is 0 Å². The summed E-state index contributed by atoms with van der Waals surface area (Å²) in [5, 5.41) is 2.43. The van der Waals surface area contributed by atoms with Gasteiger partial charge in [-0.3, -0.25) is 4.98 Å². The van der Waals surface area contributed by atoms with Crippen molar-refractivity contribution < 1.29 is 4.39 Å². The molecule has 0 unspecified atom stereocenters. The van der Waals surface area contributed by atoms with E-state index in [9.17, 15) is 4.39 Å². The standard InChI is InChI=1S/C25H19FN2/c26-20-12-10-19(11-13-20)17-28-24-9-5-4-8-21(24)22-14-15-27-23(25(22)28)16-18-6-2-1-3-7-18/h1-15H,16-17H2. The average Bonchev–Trinajstić information content (AvgIpc) is 3.05. The molecule has 0 spiro atoms. The summed E-state index contributed by atoms with van der Waals surface area (Å²) in [6.07, 6.45) is 2.67. The summed E-state index contributed by atoms with van der Waals surface area (Å²) < 4.78 is 15.7. The SMILES string of the molecule is Fc1ccc(Cn2c3ccccc3c3ccnc(Cc4ccccc4)c32)cc1. The lowest BCUT2D eigenvalue weighted by molar-refractivity contribution is 0.626. The molecule has 0 fully saturated rings. The van der Waals surface area contributed by atoms with Crippen molar-refractivity contribution in [1.29, 1.82) is 0 Å². The third kappa shape index (κ3) is 2.95. The Kier molecular flexibility index (Phi) is 4.13. The number of hydrogen-bond donors (Lipinski definition) is 0. The van der Waals surface area contributed by atoms with Crippen LogP contribution in [0.15, 0.2) is 91.1 Å². The monoisotopic (exact) mass is 366 g/mol. The smallest absolute Gasteiger partial charge is 0.123 e. The molecule has 2 nitrogen and oxygen atoms in total. The van der Waals surface area contributed by atoms with Gasteiger partial charge >= 0.3 is 0 Å². The molecule has 3 heteroatoms. The maximum Gasteiger partial charge on any atom is 0.123 e. The number of para-hydroxylation sites is 1. The van der Waals surface area contributed by atoms with Crippen LogP contribution in [0.3, 0.4) is 0 Å². The summed E-state index contributed by atoms with van der Waals surface area (Å²) in [5.41, 5.74) is 5.68. The number of hydrogen-bond acceptors (Lipinski definition) is 1. The number of pyridine rings is 1. The lowest BCUT2D eigenvalue weighted by Gasteiger charge is -2.11. The normalized spacial score (nSPS) is 11.3. The van der Waals surface area contributed by atoms with Crippen LogP contribution in [0.25, 0.3) is 21.8 Å². The topological polar surface area (TPSA) is 17.8 Å². The number of halogens is 1. The first-order valence-corrected chi connectivity index (χ1v) is 9.43. The van der Waals surface area contributed by atoms with Gasteiger partial charge in [-0.25, -0.2) is 4.39 Å². The van der Waals surface area contributed by atoms with Gasteiger partial charge in [0.05, 0.1) is 11.2 Å². The van der Waals surface area contributed by atoms with E-state index in [-0.39, 0.29) is 5.82 Å². The summed E-state index contributed by atoms with van der Waals surface area (Å²) in [7, 11) is 0. The summed E-state index contributed by atoms with van der Waals surface area (Å²) >= 11 is 0. The molecule has 28 heavy (non-hydrogen) atoms. The highest BCUT2D eigenvalue weighted by molar-refractivity contribution is 6.08. The van der Waals surface area contributed by atoms with Crippen molar-refractivity contribution in [3.05, 3.63) is 114 Å². The Morgan fingerprint density at radius 2 is 1.46 bits per heavy atom. The van der Waals surface area contributed by atoms with Crippen molar-refractivity contribution in [3.8, 4) is 0 Å². The summed E-state index contributed by atoms with van der Waals surface area (Å²) in [6, 6.07) is 27.7. The van der Waals surface area contributed by atoms with Gasteiger partial charge in [-0.2, -0.15) is 0 Å². The fourth-order valence-electron chi connectivity index (χ4n) is 3.93. The zero-order valence-electron chi connectivity index (χ0n) is 15.3. The fourth-order valence-corrected chi connectivity index (χ4v) is 3.93. The van der Waals surface area contributed by atoms with Crippen LogP contribution in [0.2, 0.25) is 0 Å². The Hall–Kier alpha value is -3.46. The van der Waals surface area contributed by atoms with Gasteiger partial charge in [0, 0.05) is 35.5 Å². The minimum Gasteiger partial charge on any atom is -0.334 e. The van der Waals surface area contributed by atoms with E-state index in [0.29, 0.717) is 6.54 Å².